The number of benzene rings is 1. The number of nitrogen functional groups attached to an aromatic ring is 1. The first-order chi connectivity index (χ1) is 8.65. The molecule has 0 aromatic heterocycles. The van der Waals surface area contributed by atoms with Gasteiger partial charge in [-0.15, -0.1) is 0 Å². The second kappa shape index (κ2) is 5.71. The number of amidine groups is 1. The number of rotatable bonds is 5. The lowest BCUT2D eigenvalue weighted by Gasteiger charge is -2.40. The Morgan fingerprint density at radius 2 is 2.22 bits per heavy atom. The van der Waals surface area contributed by atoms with Crippen LogP contribution in [-0.2, 0) is 0 Å². The van der Waals surface area contributed by atoms with Crippen LogP contribution in [0.15, 0.2) is 22.7 Å². The van der Waals surface area contributed by atoms with Crippen LogP contribution in [0, 0.1) is 5.41 Å². The summed E-state index contributed by atoms with van der Waals surface area (Å²) >= 11 is 3.45. The van der Waals surface area contributed by atoms with Crippen molar-refractivity contribution in [3.05, 3.63) is 28.2 Å². The van der Waals surface area contributed by atoms with Crippen LogP contribution in [0.25, 0.3) is 0 Å². The molecular formula is C13H18BrN3O. The molecule has 1 aliphatic rings. The van der Waals surface area contributed by atoms with Gasteiger partial charge < -0.3 is 15.7 Å². The van der Waals surface area contributed by atoms with Crippen molar-refractivity contribution in [2.45, 2.75) is 25.3 Å². The topological polar surface area (TPSA) is 73.3 Å². The van der Waals surface area contributed by atoms with Crippen LogP contribution in [0.5, 0.6) is 0 Å². The fourth-order valence-corrected chi connectivity index (χ4v) is 2.89. The molecule has 0 unspecified atom stereocenters. The van der Waals surface area contributed by atoms with Gasteiger partial charge in [0.25, 0.3) is 0 Å². The first kappa shape index (κ1) is 13.4. The van der Waals surface area contributed by atoms with E-state index in [1.807, 2.05) is 18.2 Å². The van der Waals surface area contributed by atoms with Gasteiger partial charge in [-0.3, -0.25) is 5.41 Å². The molecule has 5 heteroatoms. The van der Waals surface area contributed by atoms with Gasteiger partial charge in [0.15, 0.2) is 0 Å². The fraction of sp³-hybridized carbons (Fsp3) is 0.462. The summed E-state index contributed by atoms with van der Waals surface area (Å²) in [6.45, 7) is 0.696. The van der Waals surface area contributed by atoms with E-state index in [4.69, 9.17) is 11.1 Å². The summed E-state index contributed by atoms with van der Waals surface area (Å²) in [5.74, 6) is 0.0553. The van der Waals surface area contributed by atoms with E-state index in [9.17, 15) is 5.11 Å². The zero-order chi connectivity index (χ0) is 13.1. The molecular weight excluding hydrogens is 294 g/mol. The molecule has 0 bridgehead atoms. The van der Waals surface area contributed by atoms with Gasteiger partial charge in [0.2, 0.25) is 0 Å². The van der Waals surface area contributed by atoms with Gasteiger partial charge in [-0.1, -0.05) is 6.07 Å². The number of aliphatic hydroxyl groups excluding tert-OH is 1. The Kier molecular flexibility index (Phi) is 4.24. The Bertz CT molecular complexity index is 446. The third kappa shape index (κ3) is 2.52. The molecule has 1 aromatic carbocycles. The highest BCUT2D eigenvalue weighted by molar-refractivity contribution is 9.10. The molecule has 0 atom stereocenters. The number of anilines is 1. The number of halogens is 1. The van der Waals surface area contributed by atoms with Crippen molar-refractivity contribution in [3.8, 4) is 0 Å². The third-order valence-corrected chi connectivity index (χ3v) is 4.09. The molecule has 1 aliphatic carbocycles. The lowest BCUT2D eigenvalue weighted by molar-refractivity contribution is 0.283. The molecule has 1 aromatic rings. The quantitative estimate of drug-likeness (QED) is 0.576. The highest BCUT2D eigenvalue weighted by atomic mass is 79.9. The standard InChI is InChI=1S/C13H18BrN3O/c14-10-5-2-6-11(12(10)13(15)16)17(7-8-18)9-3-1-4-9/h2,5-6,9,18H,1,3-4,7-8H2,(H3,15,16). The highest BCUT2D eigenvalue weighted by Gasteiger charge is 2.27. The maximum atomic E-state index is 9.23. The predicted molar refractivity (Wildman–Crippen MR) is 77.2 cm³/mol. The lowest BCUT2D eigenvalue weighted by Crippen LogP contribution is -2.43. The number of nitrogens with zero attached hydrogens (tertiary/aromatic N) is 1. The van der Waals surface area contributed by atoms with Gasteiger partial charge in [0, 0.05) is 22.7 Å². The molecule has 0 heterocycles. The van der Waals surface area contributed by atoms with Gasteiger partial charge in [0.1, 0.15) is 5.84 Å². The van der Waals surface area contributed by atoms with Crippen molar-refractivity contribution in [1.29, 1.82) is 5.41 Å². The van der Waals surface area contributed by atoms with Crippen LogP contribution < -0.4 is 10.6 Å². The Balaban J connectivity index is 2.39. The molecule has 0 amide bonds. The molecule has 18 heavy (non-hydrogen) atoms. The van der Waals surface area contributed by atoms with E-state index in [0.29, 0.717) is 12.6 Å². The minimum absolute atomic E-state index is 0.0553. The summed E-state index contributed by atoms with van der Waals surface area (Å²) < 4.78 is 0.828. The molecule has 98 valence electrons. The van der Waals surface area contributed by atoms with Gasteiger partial charge in [-0.05, 0) is 47.3 Å². The molecule has 0 saturated heterocycles. The number of hydrogen-bond acceptors (Lipinski definition) is 3. The van der Waals surface area contributed by atoms with E-state index in [0.717, 1.165) is 28.6 Å². The average molecular weight is 312 g/mol. The number of nitrogens with one attached hydrogen (secondary N) is 1. The monoisotopic (exact) mass is 311 g/mol. The van der Waals surface area contributed by atoms with Crippen LogP contribution in [0.4, 0.5) is 5.69 Å². The van der Waals surface area contributed by atoms with Crippen molar-refractivity contribution in [3.63, 3.8) is 0 Å². The Morgan fingerprint density at radius 3 is 2.72 bits per heavy atom. The second-order valence-corrected chi connectivity index (χ2v) is 5.40. The Hall–Kier alpha value is -1.07. The van der Waals surface area contributed by atoms with Crippen molar-refractivity contribution in [2.75, 3.05) is 18.1 Å². The third-order valence-electron chi connectivity index (χ3n) is 3.43. The molecule has 0 spiro atoms. The van der Waals surface area contributed by atoms with Gasteiger partial charge in [0.05, 0.1) is 12.2 Å². The SMILES string of the molecule is N=C(N)c1c(Br)cccc1N(CCO)C1CCC1. The Labute approximate surface area is 115 Å². The molecule has 1 fully saturated rings. The smallest absolute Gasteiger partial charge is 0.126 e. The Morgan fingerprint density at radius 1 is 1.50 bits per heavy atom. The van der Waals surface area contributed by atoms with Crippen LogP contribution >= 0.6 is 15.9 Å². The van der Waals surface area contributed by atoms with E-state index in [2.05, 4.69) is 20.8 Å². The molecule has 4 N–H and O–H groups in total. The van der Waals surface area contributed by atoms with Crippen LogP contribution in [0.1, 0.15) is 24.8 Å². The van der Waals surface area contributed by atoms with E-state index in [1.165, 1.54) is 6.42 Å². The molecule has 0 aliphatic heterocycles. The van der Waals surface area contributed by atoms with E-state index >= 15 is 0 Å². The number of hydrogen-bond donors (Lipinski definition) is 3. The van der Waals surface area contributed by atoms with Crippen molar-refractivity contribution in [2.24, 2.45) is 5.73 Å². The van der Waals surface area contributed by atoms with Gasteiger partial charge in [-0.25, -0.2) is 0 Å². The summed E-state index contributed by atoms with van der Waals surface area (Å²) in [4.78, 5) is 2.17. The van der Waals surface area contributed by atoms with Crippen molar-refractivity contribution >= 4 is 27.5 Å². The van der Waals surface area contributed by atoms with Crippen LogP contribution in [0.3, 0.4) is 0 Å². The summed E-state index contributed by atoms with van der Waals surface area (Å²) in [6.07, 6.45) is 3.52. The minimum atomic E-state index is 0.0553. The first-order valence-electron chi connectivity index (χ1n) is 6.15. The zero-order valence-corrected chi connectivity index (χ0v) is 11.8. The molecule has 2 rings (SSSR count). The molecule has 1 saturated carbocycles. The van der Waals surface area contributed by atoms with Gasteiger partial charge >= 0.3 is 0 Å². The first-order valence-corrected chi connectivity index (χ1v) is 6.95. The van der Waals surface area contributed by atoms with E-state index < -0.39 is 0 Å². The second-order valence-electron chi connectivity index (χ2n) is 4.55. The average Bonchev–Trinajstić information content (AvgIpc) is 2.25. The molecule has 0 radical (unpaired) electrons. The fourth-order valence-electron chi connectivity index (χ4n) is 2.32. The number of nitrogens with two attached hydrogens (primary N) is 1. The summed E-state index contributed by atoms with van der Waals surface area (Å²) in [5.41, 5.74) is 7.33. The minimum Gasteiger partial charge on any atom is -0.395 e. The van der Waals surface area contributed by atoms with Gasteiger partial charge in [-0.2, -0.15) is 0 Å². The normalized spacial score (nSPS) is 15.2. The van der Waals surface area contributed by atoms with Crippen molar-refractivity contribution < 1.29 is 5.11 Å². The van der Waals surface area contributed by atoms with E-state index in [1.54, 1.807) is 0 Å². The molecule has 4 nitrogen and oxygen atoms in total. The largest absolute Gasteiger partial charge is 0.395 e. The maximum absolute atomic E-state index is 9.23. The van der Waals surface area contributed by atoms with E-state index in [-0.39, 0.29) is 12.4 Å². The summed E-state index contributed by atoms with van der Waals surface area (Å²) in [5, 5.41) is 16.9. The predicted octanol–water partition coefficient (Wildman–Crippen LogP) is 2.08. The highest BCUT2D eigenvalue weighted by Crippen LogP contribution is 2.34. The number of aliphatic hydroxyl groups is 1. The summed E-state index contributed by atoms with van der Waals surface area (Å²) in [6, 6.07) is 6.26. The summed E-state index contributed by atoms with van der Waals surface area (Å²) in [7, 11) is 0. The van der Waals surface area contributed by atoms with Crippen LogP contribution in [0.2, 0.25) is 0 Å². The van der Waals surface area contributed by atoms with Crippen molar-refractivity contribution in [1.82, 2.24) is 0 Å². The van der Waals surface area contributed by atoms with Crippen LogP contribution in [-0.4, -0.2) is 30.1 Å². The lowest BCUT2D eigenvalue weighted by atomic mass is 9.90. The zero-order valence-electron chi connectivity index (χ0n) is 10.2. The maximum Gasteiger partial charge on any atom is 0.126 e.